The van der Waals surface area contributed by atoms with Gasteiger partial charge in [0.05, 0.1) is 53.0 Å². The Labute approximate surface area is 264 Å². The predicted molar refractivity (Wildman–Crippen MR) is 163 cm³/mol. The molecule has 0 unspecified atom stereocenters. The van der Waals surface area contributed by atoms with Gasteiger partial charge in [-0.3, -0.25) is 19.1 Å². The number of halogens is 4. The molecule has 14 heteroatoms. The van der Waals surface area contributed by atoms with Crippen LogP contribution in [0.1, 0.15) is 42.1 Å². The monoisotopic (exact) mass is 642 g/mol. The number of hydrogen-bond donors (Lipinski definition) is 1. The van der Waals surface area contributed by atoms with Crippen LogP contribution < -0.4 is 10.9 Å². The Kier molecular flexibility index (Phi) is 7.97. The standard InChI is InChI=1S/C32H22ClF3N8O2/c1-18-3-2-4-27(20-9-10-38-24(12-20)22-7-5-19(15-37)11-26(22)40-31(18)46)43-17-39-25(14-30(43)45)23-13-21(33)6-8-28(23)44-16-29(41-42-44)32(34,35)36/h5-14,16-17,27H,1-4H2,(H,40,46)/t27-/m0/s1. The van der Waals surface area contributed by atoms with Crippen molar-refractivity contribution in [2.75, 3.05) is 5.32 Å². The van der Waals surface area contributed by atoms with E-state index in [4.69, 9.17) is 11.6 Å². The summed E-state index contributed by atoms with van der Waals surface area (Å²) in [5.41, 5.74) is 1.96. The van der Waals surface area contributed by atoms with Gasteiger partial charge in [-0.2, -0.15) is 18.4 Å². The third-order valence-electron chi connectivity index (χ3n) is 7.56. The molecule has 2 aromatic carbocycles. The summed E-state index contributed by atoms with van der Waals surface area (Å²) in [6, 6.07) is 15.7. The van der Waals surface area contributed by atoms with Crippen LogP contribution in [0.5, 0.6) is 0 Å². The zero-order valence-electron chi connectivity index (χ0n) is 23.8. The van der Waals surface area contributed by atoms with E-state index in [-0.39, 0.29) is 27.9 Å². The van der Waals surface area contributed by atoms with Gasteiger partial charge in [0, 0.05) is 34.0 Å². The molecule has 6 rings (SSSR count). The van der Waals surface area contributed by atoms with E-state index in [0.29, 0.717) is 47.3 Å². The van der Waals surface area contributed by atoms with Gasteiger partial charge in [0.1, 0.15) is 0 Å². The highest BCUT2D eigenvalue weighted by atomic mass is 35.5. The largest absolute Gasteiger partial charge is 0.436 e. The van der Waals surface area contributed by atoms with Gasteiger partial charge < -0.3 is 5.32 Å². The summed E-state index contributed by atoms with van der Waals surface area (Å²) in [6.07, 6.45) is 0.311. The van der Waals surface area contributed by atoms with Crippen molar-refractivity contribution in [3.8, 4) is 34.3 Å². The lowest BCUT2D eigenvalue weighted by Gasteiger charge is -2.22. The predicted octanol–water partition coefficient (Wildman–Crippen LogP) is 6.36. The Morgan fingerprint density at radius 2 is 1.83 bits per heavy atom. The van der Waals surface area contributed by atoms with Gasteiger partial charge in [0.2, 0.25) is 0 Å². The molecule has 1 N–H and O–H groups in total. The Morgan fingerprint density at radius 3 is 2.57 bits per heavy atom. The fraction of sp³-hybridized carbons (Fsp3) is 0.156. The fourth-order valence-electron chi connectivity index (χ4n) is 5.26. The van der Waals surface area contributed by atoms with E-state index >= 15 is 0 Å². The van der Waals surface area contributed by atoms with Gasteiger partial charge in [-0.15, -0.1) is 5.10 Å². The first-order chi connectivity index (χ1) is 22.0. The molecule has 5 aromatic rings. The third-order valence-corrected chi connectivity index (χ3v) is 7.79. The number of nitrogens with zero attached hydrogens (tertiary/aromatic N) is 7. The van der Waals surface area contributed by atoms with Gasteiger partial charge in [0.25, 0.3) is 11.5 Å². The lowest BCUT2D eigenvalue weighted by Crippen LogP contribution is -2.26. The van der Waals surface area contributed by atoms with Crippen molar-refractivity contribution < 1.29 is 18.0 Å². The van der Waals surface area contributed by atoms with Crippen molar-refractivity contribution in [3.05, 3.63) is 118 Å². The highest BCUT2D eigenvalue weighted by Crippen LogP contribution is 2.34. The van der Waals surface area contributed by atoms with Gasteiger partial charge >= 0.3 is 6.18 Å². The molecular weight excluding hydrogens is 621 g/mol. The Bertz CT molecular complexity index is 2120. The summed E-state index contributed by atoms with van der Waals surface area (Å²) in [5.74, 6) is -0.389. The van der Waals surface area contributed by atoms with Crippen LogP contribution in [0.15, 0.2) is 90.3 Å². The van der Waals surface area contributed by atoms with Crippen molar-refractivity contribution >= 4 is 23.2 Å². The molecule has 10 nitrogen and oxygen atoms in total. The van der Waals surface area contributed by atoms with E-state index in [1.54, 1.807) is 30.5 Å². The minimum atomic E-state index is -4.69. The van der Waals surface area contributed by atoms with Gasteiger partial charge in [-0.25, -0.2) is 9.67 Å². The summed E-state index contributed by atoms with van der Waals surface area (Å²) in [6.45, 7) is 3.93. The minimum absolute atomic E-state index is 0.165. The lowest BCUT2D eigenvalue weighted by atomic mass is 9.96. The quantitative estimate of drug-likeness (QED) is 0.226. The normalized spacial score (nSPS) is 15.2. The number of carbonyl (C=O) groups excluding carboxylic acids is 1. The van der Waals surface area contributed by atoms with E-state index in [1.807, 2.05) is 6.07 Å². The van der Waals surface area contributed by atoms with Crippen LogP contribution in [0.2, 0.25) is 5.02 Å². The fourth-order valence-corrected chi connectivity index (χ4v) is 5.43. The SMILES string of the molecule is C=C1CCC[C@H](n2cnc(-c3cc(Cl)ccc3-n3cc(C(F)(F)F)nn3)cc2=O)c2ccnc(c2)-c2ccc(C#N)cc2NC1=O. The molecule has 1 aliphatic rings. The summed E-state index contributed by atoms with van der Waals surface area (Å²) in [5, 5.41) is 19.4. The zero-order valence-corrected chi connectivity index (χ0v) is 24.5. The molecular formula is C32H22ClF3N8O2. The highest BCUT2D eigenvalue weighted by molar-refractivity contribution is 6.31. The molecule has 46 heavy (non-hydrogen) atoms. The maximum Gasteiger partial charge on any atom is 0.436 e. The van der Waals surface area contributed by atoms with E-state index < -0.39 is 23.5 Å². The van der Waals surface area contributed by atoms with Crippen LogP contribution >= 0.6 is 11.6 Å². The maximum atomic E-state index is 13.7. The molecule has 1 aliphatic heterocycles. The lowest BCUT2D eigenvalue weighted by molar-refractivity contribution is -0.141. The summed E-state index contributed by atoms with van der Waals surface area (Å²) in [4.78, 5) is 35.7. The number of pyridine rings is 1. The Balaban J connectivity index is 1.43. The number of carbonyl (C=O) groups is 1. The average molecular weight is 643 g/mol. The highest BCUT2D eigenvalue weighted by Gasteiger charge is 2.35. The molecule has 0 aliphatic carbocycles. The molecule has 0 radical (unpaired) electrons. The number of benzene rings is 2. The van der Waals surface area contributed by atoms with Crippen LogP contribution in [0, 0.1) is 11.3 Å². The van der Waals surface area contributed by atoms with Crippen LogP contribution in [0.25, 0.3) is 28.2 Å². The first-order valence-electron chi connectivity index (χ1n) is 13.9. The second-order valence-corrected chi connectivity index (χ2v) is 11.0. The number of anilines is 1. The van der Waals surface area contributed by atoms with Crippen molar-refractivity contribution in [1.29, 1.82) is 5.26 Å². The molecule has 2 bridgehead atoms. The number of alkyl halides is 3. The summed E-state index contributed by atoms with van der Waals surface area (Å²) in [7, 11) is 0. The number of aromatic nitrogens is 6. The molecule has 230 valence electrons. The molecule has 0 spiro atoms. The van der Waals surface area contributed by atoms with Crippen molar-refractivity contribution in [2.45, 2.75) is 31.5 Å². The van der Waals surface area contributed by atoms with E-state index in [1.165, 1.54) is 35.2 Å². The minimum Gasteiger partial charge on any atom is -0.322 e. The molecule has 1 amide bonds. The van der Waals surface area contributed by atoms with Crippen molar-refractivity contribution in [1.82, 2.24) is 29.5 Å². The number of fused-ring (bicyclic) bond motifs is 4. The molecule has 1 atom stereocenters. The number of hydrogen-bond acceptors (Lipinski definition) is 7. The van der Waals surface area contributed by atoms with Crippen molar-refractivity contribution in [3.63, 3.8) is 0 Å². The average Bonchev–Trinajstić information content (AvgIpc) is 3.54. The van der Waals surface area contributed by atoms with Crippen LogP contribution in [0.4, 0.5) is 18.9 Å². The third kappa shape index (κ3) is 6.02. The Morgan fingerprint density at radius 1 is 1.02 bits per heavy atom. The molecule has 0 saturated carbocycles. The van der Waals surface area contributed by atoms with E-state index in [2.05, 4.69) is 38.2 Å². The number of nitrogens with one attached hydrogen (secondary N) is 1. The first kappa shape index (κ1) is 30.4. The Hall–Kier alpha value is -5.61. The van der Waals surface area contributed by atoms with Crippen LogP contribution in [0.3, 0.4) is 0 Å². The van der Waals surface area contributed by atoms with Crippen LogP contribution in [-0.2, 0) is 11.0 Å². The second kappa shape index (κ2) is 12.1. The number of rotatable bonds is 3. The molecule has 0 saturated heterocycles. The molecule has 4 heterocycles. The van der Waals surface area contributed by atoms with Gasteiger partial charge in [0.15, 0.2) is 5.69 Å². The number of amides is 1. The summed E-state index contributed by atoms with van der Waals surface area (Å²) >= 11 is 6.23. The summed E-state index contributed by atoms with van der Waals surface area (Å²) < 4.78 is 42.0. The van der Waals surface area contributed by atoms with Crippen molar-refractivity contribution in [2.24, 2.45) is 0 Å². The van der Waals surface area contributed by atoms with Gasteiger partial charge in [-0.05, 0) is 73.4 Å². The van der Waals surface area contributed by atoms with E-state index in [9.17, 15) is 28.0 Å². The topological polar surface area (TPSA) is 131 Å². The molecule has 0 fully saturated rings. The van der Waals surface area contributed by atoms with Crippen LogP contribution in [-0.4, -0.2) is 35.4 Å². The van der Waals surface area contributed by atoms with E-state index in [0.717, 1.165) is 16.4 Å². The smallest absolute Gasteiger partial charge is 0.322 e. The van der Waals surface area contributed by atoms with Gasteiger partial charge in [-0.1, -0.05) is 23.4 Å². The molecule has 3 aromatic heterocycles. The number of nitriles is 1. The zero-order chi connectivity index (χ0) is 32.6. The first-order valence-corrected chi connectivity index (χ1v) is 14.3. The maximum absolute atomic E-state index is 13.7. The second-order valence-electron chi connectivity index (χ2n) is 10.5.